The molecule has 2 aromatic heterocycles. The number of hydrogen-bond donors (Lipinski definition) is 1. The predicted molar refractivity (Wildman–Crippen MR) is 110 cm³/mol. The van der Waals surface area contributed by atoms with Crippen LogP contribution in [0.1, 0.15) is 24.2 Å². The topological polar surface area (TPSA) is 92.8 Å². The Hall–Kier alpha value is -3.47. The highest BCUT2D eigenvalue weighted by molar-refractivity contribution is 6.53. The molecular weight excluding hydrogens is 427 g/mol. The second-order valence-corrected chi connectivity index (χ2v) is 7.19. The van der Waals surface area contributed by atoms with Gasteiger partial charge in [0.25, 0.3) is 5.91 Å². The monoisotopic (exact) mass is 447 g/mol. The summed E-state index contributed by atoms with van der Waals surface area (Å²) in [4.78, 5) is 27.6. The number of pyridine rings is 1. The Kier molecular flexibility index (Phi) is 6.08. The molecule has 1 N–H and O–H groups in total. The molecule has 1 aromatic carbocycles. The Morgan fingerprint density at radius 3 is 2.72 bits per heavy atom. The van der Waals surface area contributed by atoms with E-state index >= 15 is 0 Å². The third-order valence-electron chi connectivity index (χ3n) is 4.95. The Morgan fingerprint density at radius 2 is 1.94 bits per heavy atom. The molecule has 3 heterocycles. The molecule has 11 heteroatoms. The first-order valence-electron chi connectivity index (χ1n) is 9.98. The number of aliphatic hydroxyl groups is 1. The SMILES string of the molecule is O=C1C(=NOCC(F)(F)F)c2cccnc2N1Cc1nc2ccccc2n1CCCCO. The summed E-state index contributed by atoms with van der Waals surface area (Å²) in [5.41, 5.74) is 1.69. The first kappa shape index (κ1) is 21.8. The smallest absolute Gasteiger partial charge is 0.396 e. The minimum Gasteiger partial charge on any atom is -0.396 e. The van der Waals surface area contributed by atoms with E-state index in [1.807, 2.05) is 28.8 Å². The summed E-state index contributed by atoms with van der Waals surface area (Å²) >= 11 is 0. The number of rotatable bonds is 8. The van der Waals surface area contributed by atoms with Crippen molar-refractivity contribution in [2.75, 3.05) is 18.1 Å². The summed E-state index contributed by atoms with van der Waals surface area (Å²) in [6, 6.07) is 10.6. The molecule has 1 amide bonds. The lowest BCUT2D eigenvalue weighted by atomic mass is 10.2. The number of oxime groups is 1. The number of para-hydroxylation sites is 2. The van der Waals surface area contributed by atoms with E-state index in [2.05, 4.69) is 20.0 Å². The second-order valence-electron chi connectivity index (χ2n) is 7.19. The van der Waals surface area contributed by atoms with E-state index in [4.69, 9.17) is 5.11 Å². The summed E-state index contributed by atoms with van der Waals surface area (Å²) in [6.45, 7) is -0.889. The molecule has 0 bridgehead atoms. The van der Waals surface area contributed by atoms with Crippen LogP contribution in [-0.2, 0) is 22.7 Å². The van der Waals surface area contributed by atoms with E-state index in [-0.39, 0.29) is 24.7 Å². The number of imidazole rings is 1. The number of aliphatic hydroxyl groups excluding tert-OH is 1. The molecule has 32 heavy (non-hydrogen) atoms. The molecule has 0 fully saturated rings. The highest BCUT2D eigenvalue weighted by atomic mass is 19.4. The Labute approximate surface area is 180 Å². The predicted octanol–water partition coefficient (Wildman–Crippen LogP) is 3.03. The van der Waals surface area contributed by atoms with Gasteiger partial charge < -0.3 is 14.5 Å². The molecule has 0 spiro atoms. The first-order chi connectivity index (χ1) is 15.4. The number of aryl methyl sites for hydroxylation is 1. The summed E-state index contributed by atoms with van der Waals surface area (Å²) in [5, 5.41) is 12.6. The van der Waals surface area contributed by atoms with Crippen LogP contribution in [-0.4, -0.2) is 50.7 Å². The van der Waals surface area contributed by atoms with Gasteiger partial charge >= 0.3 is 6.18 Å². The lowest BCUT2D eigenvalue weighted by molar-refractivity contribution is -0.173. The minimum atomic E-state index is -4.57. The van der Waals surface area contributed by atoms with Crippen molar-refractivity contribution in [3.8, 4) is 0 Å². The van der Waals surface area contributed by atoms with Crippen LogP contribution in [0.5, 0.6) is 0 Å². The number of amides is 1. The van der Waals surface area contributed by atoms with Gasteiger partial charge in [-0.2, -0.15) is 13.2 Å². The number of carbonyl (C=O) groups is 1. The fourth-order valence-electron chi connectivity index (χ4n) is 3.56. The lowest BCUT2D eigenvalue weighted by Gasteiger charge is -2.17. The van der Waals surface area contributed by atoms with Crippen LogP contribution in [0, 0.1) is 0 Å². The van der Waals surface area contributed by atoms with Crippen LogP contribution in [0.15, 0.2) is 47.8 Å². The Balaban J connectivity index is 1.66. The fourth-order valence-corrected chi connectivity index (χ4v) is 3.56. The number of anilines is 1. The van der Waals surface area contributed by atoms with Crippen molar-refractivity contribution in [1.29, 1.82) is 0 Å². The minimum absolute atomic E-state index is 0.0505. The quantitative estimate of drug-likeness (QED) is 0.423. The average molecular weight is 447 g/mol. The van der Waals surface area contributed by atoms with Gasteiger partial charge in [-0.15, -0.1) is 0 Å². The van der Waals surface area contributed by atoms with E-state index in [9.17, 15) is 18.0 Å². The summed E-state index contributed by atoms with van der Waals surface area (Å²) in [7, 11) is 0. The number of nitrogens with zero attached hydrogens (tertiary/aromatic N) is 5. The zero-order valence-corrected chi connectivity index (χ0v) is 16.9. The van der Waals surface area contributed by atoms with Crippen molar-refractivity contribution in [3.05, 3.63) is 54.0 Å². The van der Waals surface area contributed by atoms with Gasteiger partial charge in [-0.1, -0.05) is 17.3 Å². The molecule has 0 saturated heterocycles. The number of halogens is 3. The van der Waals surface area contributed by atoms with Crippen LogP contribution in [0.2, 0.25) is 0 Å². The van der Waals surface area contributed by atoms with Gasteiger partial charge in [-0.05, 0) is 37.1 Å². The standard InChI is InChI=1S/C21H20F3N5O3/c22-21(23,24)13-32-27-18-14-6-5-9-25-19(14)29(20(18)31)12-17-26-15-7-1-2-8-16(15)28(17)10-3-4-11-30/h1-2,5-9,30H,3-4,10-13H2. The molecule has 0 saturated carbocycles. The molecule has 0 aliphatic carbocycles. The number of benzene rings is 1. The Bertz CT molecular complexity index is 1160. The molecule has 3 aromatic rings. The number of alkyl halides is 3. The van der Waals surface area contributed by atoms with Crippen LogP contribution in [0.25, 0.3) is 11.0 Å². The third-order valence-corrected chi connectivity index (χ3v) is 4.95. The zero-order valence-electron chi connectivity index (χ0n) is 16.9. The first-order valence-corrected chi connectivity index (χ1v) is 9.98. The maximum absolute atomic E-state index is 13.0. The molecule has 1 aliphatic heterocycles. The van der Waals surface area contributed by atoms with Gasteiger partial charge in [-0.3, -0.25) is 9.69 Å². The normalized spacial score (nSPS) is 15.1. The third kappa shape index (κ3) is 4.42. The number of carbonyl (C=O) groups excluding carboxylic acids is 1. The summed E-state index contributed by atoms with van der Waals surface area (Å²) in [6.07, 6.45) is -1.75. The van der Waals surface area contributed by atoms with Crippen molar-refractivity contribution in [2.45, 2.75) is 32.1 Å². The van der Waals surface area contributed by atoms with Gasteiger partial charge in [0.05, 0.1) is 23.1 Å². The molecule has 4 rings (SSSR count). The second kappa shape index (κ2) is 8.95. The maximum atomic E-state index is 13.0. The van der Waals surface area contributed by atoms with Crippen molar-refractivity contribution in [2.24, 2.45) is 5.16 Å². The van der Waals surface area contributed by atoms with Crippen LogP contribution in [0.3, 0.4) is 0 Å². The van der Waals surface area contributed by atoms with Gasteiger partial charge in [0, 0.05) is 19.3 Å². The van der Waals surface area contributed by atoms with Crippen molar-refractivity contribution in [1.82, 2.24) is 14.5 Å². The average Bonchev–Trinajstić information content (AvgIpc) is 3.24. The van der Waals surface area contributed by atoms with Crippen molar-refractivity contribution in [3.63, 3.8) is 0 Å². The van der Waals surface area contributed by atoms with Gasteiger partial charge in [0.15, 0.2) is 5.71 Å². The maximum Gasteiger partial charge on any atom is 0.425 e. The summed E-state index contributed by atoms with van der Waals surface area (Å²) in [5.74, 6) is 0.252. The molecule has 0 unspecified atom stereocenters. The van der Waals surface area contributed by atoms with E-state index < -0.39 is 18.7 Å². The zero-order chi connectivity index (χ0) is 22.7. The number of fused-ring (bicyclic) bond motifs is 2. The number of unbranched alkanes of at least 4 members (excludes halogenated alkanes) is 1. The van der Waals surface area contributed by atoms with E-state index in [1.54, 1.807) is 12.1 Å². The number of hydrogen-bond acceptors (Lipinski definition) is 6. The van der Waals surface area contributed by atoms with Gasteiger partial charge in [0.2, 0.25) is 6.61 Å². The van der Waals surface area contributed by atoms with Gasteiger partial charge in [0.1, 0.15) is 11.6 Å². The van der Waals surface area contributed by atoms with Gasteiger partial charge in [-0.25, -0.2) is 9.97 Å². The highest BCUT2D eigenvalue weighted by Gasteiger charge is 2.37. The van der Waals surface area contributed by atoms with E-state index in [1.165, 1.54) is 11.1 Å². The molecular formula is C21H20F3N5O3. The fraction of sp³-hybridized carbons (Fsp3) is 0.333. The highest BCUT2D eigenvalue weighted by Crippen LogP contribution is 2.29. The van der Waals surface area contributed by atoms with Crippen molar-refractivity contribution < 1.29 is 27.9 Å². The molecule has 8 nitrogen and oxygen atoms in total. The summed E-state index contributed by atoms with van der Waals surface area (Å²) < 4.78 is 39.3. The molecule has 0 radical (unpaired) electrons. The number of aromatic nitrogens is 3. The van der Waals surface area contributed by atoms with Crippen LogP contribution in [0.4, 0.5) is 19.0 Å². The largest absolute Gasteiger partial charge is 0.425 e. The molecule has 168 valence electrons. The van der Waals surface area contributed by atoms with E-state index in [0.717, 1.165) is 11.0 Å². The lowest BCUT2D eigenvalue weighted by Crippen LogP contribution is -2.31. The van der Waals surface area contributed by atoms with Crippen molar-refractivity contribution >= 4 is 28.5 Å². The van der Waals surface area contributed by atoms with Crippen LogP contribution >= 0.6 is 0 Å². The van der Waals surface area contributed by atoms with Crippen LogP contribution < -0.4 is 4.90 Å². The molecule has 0 atom stereocenters. The van der Waals surface area contributed by atoms with E-state index in [0.29, 0.717) is 30.8 Å². The molecule has 1 aliphatic rings. The Morgan fingerprint density at radius 1 is 1.12 bits per heavy atom.